The molecule has 3 aromatic heterocycles. The van der Waals surface area contributed by atoms with Crippen LogP contribution >= 0.6 is 23.1 Å². The number of aromatic nitrogens is 1. The second-order valence-corrected chi connectivity index (χ2v) is 10.4. The molecule has 7 heteroatoms. The number of anilines is 2. The Hall–Kier alpha value is -3.03. The highest BCUT2D eigenvalue weighted by Gasteiger charge is 2.29. The van der Waals surface area contributed by atoms with Gasteiger partial charge >= 0.3 is 0 Å². The molecule has 2 N–H and O–H groups in total. The average molecular weight is 490 g/mol. The lowest BCUT2D eigenvalue weighted by Crippen LogP contribution is -2.18. The highest BCUT2D eigenvalue weighted by molar-refractivity contribution is 7.98. The first-order chi connectivity index (χ1) is 16.6. The number of thioether (sulfide) groups is 1. The van der Waals surface area contributed by atoms with Gasteiger partial charge in [0.15, 0.2) is 5.76 Å². The van der Waals surface area contributed by atoms with Crippen LogP contribution in [0.5, 0.6) is 0 Å². The molecule has 5 nitrogen and oxygen atoms in total. The number of amides is 1. The Labute approximate surface area is 208 Å². The average Bonchev–Trinajstić information content (AvgIpc) is 3.51. The third kappa shape index (κ3) is 4.76. The van der Waals surface area contributed by atoms with Crippen molar-refractivity contribution in [1.82, 2.24) is 4.98 Å². The number of thiophene rings is 1. The van der Waals surface area contributed by atoms with Gasteiger partial charge in [-0.25, -0.2) is 4.98 Å². The van der Waals surface area contributed by atoms with Crippen LogP contribution < -0.4 is 10.6 Å². The SMILES string of the molecule is CSc1ccc(C(Nc2cc(C)ccn2)c2c(NC(=O)c3ccco3)sc3c2CCCC3)cc1. The number of fused-ring (bicyclic) bond motifs is 1. The fourth-order valence-corrected chi connectivity index (χ4v) is 6.17. The Morgan fingerprint density at radius 1 is 1.15 bits per heavy atom. The van der Waals surface area contributed by atoms with Gasteiger partial charge in [-0.3, -0.25) is 4.79 Å². The van der Waals surface area contributed by atoms with Crippen LogP contribution in [0, 0.1) is 6.92 Å². The Balaban J connectivity index is 1.61. The van der Waals surface area contributed by atoms with Gasteiger partial charge in [0.1, 0.15) is 10.8 Å². The standard InChI is InChI=1S/C27H27N3O2S2/c1-17-13-14-28-23(16-17)29-25(18-9-11-19(33-2)12-10-18)24-20-6-3-4-8-22(20)34-27(24)30-26(31)21-7-5-15-32-21/h5,7,9-16,25H,3-4,6,8H2,1-2H3,(H,28,29)(H,30,31). The highest BCUT2D eigenvalue weighted by Crippen LogP contribution is 2.44. The molecule has 1 aliphatic rings. The van der Waals surface area contributed by atoms with Gasteiger partial charge in [-0.1, -0.05) is 12.1 Å². The number of hydrogen-bond donors (Lipinski definition) is 2. The van der Waals surface area contributed by atoms with Crippen LogP contribution in [0.15, 0.2) is 70.3 Å². The Kier molecular flexibility index (Phi) is 6.74. The van der Waals surface area contributed by atoms with Crippen LogP contribution in [0.25, 0.3) is 0 Å². The third-order valence-corrected chi connectivity index (χ3v) is 8.10. The number of furan rings is 1. The molecule has 0 spiro atoms. The van der Waals surface area contributed by atoms with Crippen molar-refractivity contribution in [3.63, 3.8) is 0 Å². The van der Waals surface area contributed by atoms with Crippen LogP contribution in [0.4, 0.5) is 10.8 Å². The lowest BCUT2D eigenvalue weighted by Gasteiger charge is -2.24. The molecule has 34 heavy (non-hydrogen) atoms. The maximum absolute atomic E-state index is 13.0. The van der Waals surface area contributed by atoms with Crippen LogP contribution in [0.1, 0.15) is 56.6 Å². The number of aryl methyl sites for hydroxylation is 2. The first-order valence-corrected chi connectivity index (χ1v) is 13.5. The van der Waals surface area contributed by atoms with Crippen molar-refractivity contribution >= 4 is 39.8 Å². The number of carbonyl (C=O) groups excluding carboxylic acids is 1. The molecule has 3 heterocycles. The normalized spacial score (nSPS) is 13.8. The molecular formula is C27H27N3O2S2. The van der Waals surface area contributed by atoms with Crippen LogP contribution in [-0.4, -0.2) is 17.1 Å². The van der Waals surface area contributed by atoms with E-state index in [-0.39, 0.29) is 11.9 Å². The second kappa shape index (κ2) is 10.1. The van der Waals surface area contributed by atoms with Gasteiger partial charge in [0, 0.05) is 21.5 Å². The van der Waals surface area contributed by atoms with Gasteiger partial charge in [-0.15, -0.1) is 23.1 Å². The van der Waals surface area contributed by atoms with Gasteiger partial charge in [0.25, 0.3) is 5.91 Å². The number of nitrogens with zero attached hydrogens (tertiary/aromatic N) is 1. The number of pyridine rings is 1. The van der Waals surface area contributed by atoms with E-state index in [1.165, 1.54) is 28.0 Å². The van der Waals surface area contributed by atoms with E-state index in [9.17, 15) is 4.79 Å². The molecule has 0 aliphatic heterocycles. The van der Waals surface area contributed by atoms with Gasteiger partial charge in [-0.05, 0) is 92.0 Å². The molecule has 1 unspecified atom stereocenters. The molecule has 0 radical (unpaired) electrons. The Bertz CT molecular complexity index is 1280. The number of carbonyl (C=O) groups is 1. The summed E-state index contributed by atoms with van der Waals surface area (Å²) in [4.78, 5) is 20.1. The topological polar surface area (TPSA) is 67.2 Å². The van der Waals surface area contributed by atoms with Gasteiger partial charge < -0.3 is 15.1 Å². The summed E-state index contributed by atoms with van der Waals surface area (Å²) < 4.78 is 5.35. The zero-order valence-electron chi connectivity index (χ0n) is 19.3. The van der Waals surface area contributed by atoms with E-state index >= 15 is 0 Å². The van der Waals surface area contributed by atoms with Crippen molar-refractivity contribution in [2.24, 2.45) is 0 Å². The first kappa shape index (κ1) is 22.7. The van der Waals surface area contributed by atoms with Crippen molar-refractivity contribution < 1.29 is 9.21 Å². The lowest BCUT2D eigenvalue weighted by atomic mass is 9.89. The second-order valence-electron chi connectivity index (χ2n) is 8.45. The van der Waals surface area contributed by atoms with Crippen molar-refractivity contribution in [2.75, 3.05) is 16.9 Å². The van der Waals surface area contributed by atoms with E-state index in [0.29, 0.717) is 5.76 Å². The fourth-order valence-electron chi connectivity index (χ4n) is 4.44. The summed E-state index contributed by atoms with van der Waals surface area (Å²) >= 11 is 3.42. The smallest absolute Gasteiger partial charge is 0.291 e. The van der Waals surface area contributed by atoms with Crippen molar-refractivity contribution in [1.29, 1.82) is 0 Å². The maximum atomic E-state index is 13.0. The quantitative estimate of drug-likeness (QED) is 0.271. The molecule has 5 rings (SSSR count). The minimum Gasteiger partial charge on any atom is -0.459 e. The van der Waals surface area contributed by atoms with E-state index < -0.39 is 0 Å². The third-order valence-electron chi connectivity index (χ3n) is 6.13. The number of rotatable bonds is 7. The summed E-state index contributed by atoms with van der Waals surface area (Å²) in [5.41, 5.74) is 4.78. The Morgan fingerprint density at radius 3 is 2.71 bits per heavy atom. The largest absolute Gasteiger partial charge is 0.459 e. The molecule has 0 saturated heterocycles. The predicted molar refractivity (Wildman–Crippen MR) is 140 cm³/mol. The monoisotopic (exact) mass is 489 g/mol. The molecular weight excluding hydrogens is 462 g/mol. The van der Waals surface area contributed by atoms with Crippen LogP contribution in [-0.2, 0) is 12.8 Å². The van der Waals surface area contributed by atoms with Crippen molar-refractivity contribution in [2.45, 2.75) is 43.5 Å². The summed E-state index contributed by atoms with van der Waals surface area (Å²) in [5.74, 6) is 0.902. The highest BCUT2D eigenvalue weighted by atomic mass is 32.2. The van der Waals surface area contributed by atoms with Gasteiger partial charge in [-0.2, -0.15) is 0 Å². The molecule has 1 aromatic carbocycles. The minimum atomic E-state index is -0.227. The molecule has 0 bridgehead atoms. The van der Waals surface area contributed by atoms with Gasteiger partial charge in [0.2, 0.25) is 0 Å². The van der Waals surface area contributed by atoms with Crippen molar-refractivity contribution in [3.8, 4) is 0 Å². The summed E-state index contributed by atoms with van der Waals surface area (Å²) in [6.07, 6.45) is 9.83. The number of nitrogens with one attached hydrogen (secondary N) is 2. The summed E-state index contributed by atoms with van der Waals surface area (Å²) in [5, 5.41) is 7.73. The van der Waals surface area contributed by atoms with E-state index in [0.717, 1.165) is 46.8 Å². The number of benzene rings is 1. The maximum Gasteiger partial charge on any atom is 0.291 e. The summed E-state index contributed by atoms with van der Waals surface area (Å²) in [6, 6.07) is 16.0. The molecule has 4 aromatic rings. The molecule has 174 valence electrons. The first-order valence-electron chi connectivity index (χ1n) is 11.4. The van der Waals surface area contributed by atoms with Crippen LogP contribution in [0.3, 0.4) is 0 Å². The lowest BCUT2D eigenvalue weighted by molar-refractivity contribution is 0.0997. The van der Waals surface area contributed by atoms with Crippen LogP contribution in [0.2, 0.25) is 0 Å². The predicted octanol–water partition coefficient (Wildman–Crippen LogP) is 7.10. The molecule has 0 saturated carbocycles. The summed E-state index contributed by atoms with van der Waals surface area (Å²) in [7, 11) is 0. The molecule has 0 fully saturated rings. The molecule has 1 aliphatic carbocycles. The van der Waals surface area contributed by atoms with E-state index in [2.05, 4.69) is 59.1 Å². The number of hydrogen-bond acceptors (Lipinski definition) is 6. The molecule has 1 amide bonds. The summed E-state index contributed by atoms with van der Waals surface area (Å²) in [6.45, 7) is 2.07. The van der Waals surface area contributed by atoms with Crippen molar-refractivity contribution in [3.05, 3.63) is 93.9 Å². The zero-order valence-corrected chi connectivity index (χ0v) is 20.9. The fraction of sp³-hybridized carbons (Fsp3) is 0.259. The van der Waals surface area contributed by atoms with E-state index in [1.807, 2.05) is 12.3 Å². The Morgan fingerprint density at radius 2 is 1.97 bits per heavy atom. The zero-order chi connectivity index (χ0) is 23.5. The van der Waals surface area contributed by atoms with Gasteiger partial charge in [0.05, 0.1) is 12.3 Å². The minimum absolute atomic E-state index is 0.143. The molecule has 1 atom stereocenters. The van der Waals surface area contributed by atoms with E-state index in [4.69, 9.17) is 4.42 Å². The van der Waals surface area contributed by atoms with E-state index in [1.54, 1.807) is 35.2 Å².